The van der Waals surface area contributed by atoms with E-state index in [0.717, 1.165) is 11.3 Å². The average molecular weight is 351 g/mol. The Morgan fingerprint density at radius 3 is 2.44 bits per heavy atom. The lowest BCUT2D eigenvalue weighted by Crippen LogP contribution is -2.15. The molecule has 3 aromatic rings. The molecule has 0 saturated heterocycles. The summed E-state index contributed by atoms with van der Waals surface area (Å²) in [7, 11) is 0. The van der Waals surface area contributed by atoms with Gasteiger partial charge in [-0.15, -0.1) is 11.3 Å². The number of nitrogens with one attached hydrogen (secondary N) is 2. The summed E-state index contributed by atoms with van der Waals surface area (Å²) in [5.74, 6) is -0.360. The first-order valence-electron chi connectivity index (χ1n) is 7.77. The minimum absolute atomic E-state index is 0.143. The van der Waals surface area contributed by atoms with Gasteiger partial charge in [-0.3, -0.25) is 14.9 Å². The lowest BCUT2D eigenvalue weighted by Gasteiger charge is -2.04. The average Bonchev–Trinajstić information content (AvgIpc) is 3.04. The highest BCUT2D eigenvalue weighted by molar-refractivity contribution is 7.14. The maximum atomic E-state index is 12.1. The number of aromatic nitrogens is 1. The first-order valence-corrected chi connectivity index (χ1v) is 8.65. The second kappa shape index (κ2) is 7.72. The van der Waals surface area contributed by atoms with Crippen molar-refractivity contribution in [1.29, 1.82) is 0 Å². The van der Waals surface area contributed by atoms with Gasteiger partial charge in [-0.05, 0) is 31.2 Å². The van der Waals surface area contributed by atoms with Gasteiger partial charge >= 0.3 is 0 Å². The van der Waals surface area contributed by atoms with Crippen molar-refractivity contribution in [3.8, 4) is 0 Å². The third kappa shape index (κ3) is 4.74. The molecule has 0 saturated carbocycles. The smallest absolute Gasteiger partial charge is 0.257 e. The molecule has 2 aromatic carbocycles. The number of anilines is 2. The highest BCUT2D eigenvalue weighted by atomic mass is 32.1. The maximum Gasteiger partial charge on any atom is 0.257 e. The Morgan fingerprint density at radius 2 is 1.72 bits per heavy atom. The Labute approximate surface area is 149 Å². The van der Waals surface area contributed by atoms with E-state index >= 15 is 0 Å². The van der Waals surface area contributed by atoms with Crippen LogP contribution in [0.2, 0.25) is 0 Å². The van der Waals surface area contributed by atoms with E-state index in [4.69, 9.17) is 0 Å². The van der Waals surface area contributed by atoms with Gasteiger partial charge in [-0.25, -0.2) is 4.98 Å². The Kier molecular flexibility index (Phi) is 5.20. The van der Waals surface area contributed by atoms with Crippen LogP contribution in [0.25, 0.3) is 0 Å². The van der Waals surface area contributed by atoms with Gasteiger partial charge < -0.3 is 5.32 Å². The summed E-state index contributed by atoms with van der Waals surface area (Å²) in [4.78, 5) is 28.5. The third-order valence-corrected chi connectivity index (χ3v) is 4.29. The topological polar surface area (TPSA) is 71.1 Å². The highest BCUT2D eigenvalue weighted by Crippen LogP contribution is 2.17. The zero-order chi connectivity index (χ0) is 17.6. The summed E-state index contributed by atoms with van der Waals surface area (Å²) in [5.41, 5.74) is 3.08. The molecule has 0 fully saturated rings. The van der Waals surface area contributed by atoms with Crippen molar-refractivity contribution in [2.45, 2.75) is 13.3 Å². The summed E-state index contributed by atoms with van der Waals surface area (Å²) >= 11 is 1.30. The zero-order valence-corrected chi connectivity index (χ0v) is 14.5. The minimum atomic E-state index is -0.217. The molecule has 0 spiro atoms. The van der Waals surface area contributed by atoms with E-state index in [1.807, 2.05) is 37.3 Å². The molecule has 2 amide bonds. The molecule has 25 heavy (non-hydrogen) atoms. The molecule has 0 radical (unpaired) electrons. The van der Waals surface area contributed by atoms with Crippen LogP contribution in [0.4, 0.5) is 10.8 Å². The van der Waals surface area contributed by atoms with Crippen LogP contribution in [0.5, 0.6) is 0 Å². The summed E-state index contributed by atoms with van der Waals surface area (Å²) in [6.07, 6.45) is 0.158. The van der Waals surface area contributed by atoms with Crippen LogP contribution in [0, 0.1) is 6.92 Å². The number of carbonyl (C=O) groups is 2. The minimum Gasteiger partial charge on any atom is -0.326 e. The van der Waals surface area contributed by atoms with Crippen molar-refractivity contribution in [1.82, 2.24) is 4.98 Å². The number of thiazole rings is 1. The summed E-state index contributed by atoms with van der Waals surface area (Å²) < 4.78 is 0. The highest BCUT2D eigenvalue weighted by Gasteiger charge is 2.11. The van der Waals surface area contributed by atoms with E-state index in [2.05, 4.69) is 15.6 Å². The SMILES string of the molecule is Cc1ccc(NC(=O)Cc2csc(NC(=O)c3ccccc3)n2)cc1. The predicted octanol–water partition coefficient (Wildman–Crippen LogP) is 3.89. The molecule has 0 unspecified atom stereocenters. The lowest BCUT2D eigenvalue weighted by atomic mass is 10.2. The van der Waals surface area contributed by atoms with E-state index in [-0.39, 0.29) is 18.2 Å². The molecule has 2 N–H and O–H groups in total. The van der Waals surface area contributed by atoms with Crippen molar-refractivity contribution in [2.75, 3.05) is 10.6 Å². The predicted molar refractivity (Wildman–Crippen MR) is 100 cm³/mol. The largest absolute Gasteiger partial charge is 0.326 e. The fraction of sp³-hybridized carbons (Fsp3) is 0.105. The summed E-state index contributed by atoms with van der Waals surface area (Å²) in [5, 5.41) is 7.83. The monoisotopic (exact) mass is 351 g/mol. The Morgan fingerprint density at radius 1 is 1.00 bits per heavy atom. The number of benzene rings is 2. The standard InChI is InChI=1S/C19H17N3O2S/c1-13-7-9-15(10-8-13)20-17(23)11-16-12-25-19(21-16)22-18(24)14-5-3-2-4-6-14/h2-10,12H,11H2,1H3,(H,20,23)(H,21,22,24). The molecular formula is C19H17N3O2S. The number of rotatable bonds is 5. The third-order valence-electron chi connectivity index (χ3n) is 3.49. The quantitative estimate of drug-likeness (QED) is 0.733. The van der Waals surface area contributed by atoms with Crippen molar-refractivity contribution in [3.05, 3.63) is 76.8 Å². The van der Waals surface area contributed by atoms with Gasteiger partial charge in [0, 0.05) is 16.6 Å². The molecule has 0 aliphatic rings. The van der Waals surface area contributed by atoms with Crippen molar-refractivity contribution < 1.29 is 9.59 Å². The Bertz CT molecular complexity index is 873. The van der Waals surface area contributed by atoms with Gasteiger partial charge in [0.1, 0.15) is 0 Å². The number of aryl methyl sites for hydroxylation is 1. The van der Waals surface area contributed by atoms with Crippen molar-refractivity contribution in [2.24, 2.45) is 0 Å². The fourth-order valence-corrected chi connectivity index (χ4v) is 2.92. The van der Waals surface area contributed by atoms with Crippen LogP contribution < -0.4 is 10.6 Å². The van der Waals surface area contributed by atoms with E-state index < -0.39 is 0 Å². The van der Waals surface area contributed by atoms with Crippen LogP contribution >= 0.6 is 11.3 Å². The maximum absolute atomic E-state index is 12.1. The van der Waals surface area contributed by atoms with Crippen molar-refractivity contribution in [3.63, 3.8) is 0 Å². The van der Waals surface area contributed by atoms with Gasteiger partial charge in [0.25, 0.3) is 5.91 Å². The van der Waals surface area contributed by atoms with Gasteiger partial charge in [0.15, 0.2) is 5.13 Å². The summed E-state index contributed by atoms with van der Waals surface area (Å²) in [6, 6.07) is 16.5. The van der Waals surface area contributed by atoms with Gasteiger partial charge in [-0.1, -0.05) is 35.9 Å². The second-order valence-electron chi connectivity index (χ2n) is 5.56. The van der Waals surface area contributed by atoms with Crippen LogP contribution in [-0.2, 0) is 11.2 Å². The number of amides is 2. The Hall–Kier alpha value is -2.99. The Balaban J connectivity index is 1.57. The number of carbonyl (C=O) groups excluding carboxylic acids is 2. The molecule has 6 heteroatoms. The van der Waals surface area contributed by atoms with E-state index in [1.165, 1.54) is 11.3 Å². The van der Waals surface area contributed by atoms with Gasteiger partial charge in [-0.2, -0.15) is 0 Å². The first-order chi connectivity index (χ1) is 12.1. The van der Waals surface area contributed by atoms with E-state index in [1.54, 1.807) is 29.6 Å². The molecule has 1 aromatic heterocycles. The van der Waals surface area contributed by atoms with Crippen LogP contribution in [-0.4, -0.2) is 16.8 Å². The molecule has 5 nitrogen and oxygen atoms in total. The number of hydrogen-bond donors (Lipinski definition) is 2. The second-order valence-corrected chi connectivity index (χ2v) is 6.41. The van der Waals surface area contributed by atoms with Gasteiger partial charge in [0.05, 0.1) is 12.1 Å². The molecular weight excluding hydrogens is 334 g/mol. The van der Waals surface area contributed by atoms with E-state index in [9.17, 15) is 9.59 Å². The molecule has 0 atom stereocenters. The van der Waals surface area contributed by atoms with E-state index in [0.29, 0.717) is 16.4 Å². The zero-order valence-electron chi connectivity index (χ0n) is 13.7. The lowest BCUT2D eigenvalue weighted by molar-refractivity contribution is -0.115. The summed E-state index contributed by atoms with van der Waals surface area (Å²) in [6.45, 7) is 1.99. The molecule has 126 valence electrons. The molecule has 0 aliphatic heterocycles. The first kappa shape index (κ1) is 16.9. The molecule has 0 bridgehead atoms. The molecule has 3 rings (SSSR count). The van der Waals surface area contributed by atoms with Crippen LogP contribution in [0.1, 0.15) is 21.6 Å². The normalized spacial score (nSPS) is 10.3. The van der Waals surface area contributed by atoms with Crippen LogP contribution in [0.15, 0.2) is 60.0 Å². The molecule has 0 aliphatic carbocycles. The molecule has 1 heterocycles. The van der Waals surface area contributed by atoms with Crippen molar-refractivity contribution >= 4 is 34.0 Å². The number of hydrogen-bond acceptors (Lipinski definition) is 4. The van der Waals surface area contributed by atoms with Crippen LogP contribution in [0.3, 0.4) is 0 Å². The fourth-order valence-electron chi connectivity index (χ4n) is 2.21. The van der Waals surface area contributed by atoms with Gasteiger partial charge in [0.2, 0.25) is 5.91 Å². The number of nitrogens with zero attached hydrogens (tertiary/aromatic N) is 1.